The predicted molar refractivity (Wildman–Crippen MR) is 77.9 cm³/mol. The SMILES string of the molecule is CC(C)c1noc(CN2CCN(c3ccncn3)CC2)n1. The summed E-state index contributed by atoms with van der Waals surface area (Å²) in [5.41, 5.74) is 0. The van der Waals surface area contributed by atoms with Crippen molar-refractivity contribution in [2.75, 3.05) is 31.1 Å². The van der Waals surface area contributed by atoms with Crippen LogP contribution in [0.25, 0.3) is 0 Å². The van der Waals surface area contributed by atoms with E-state index < -0.39 is 0 Å². The largest absolute Gasteiger partial charge is 0.354 e. The molecule has 0 aliphatic carbocycles. The van der Waals surface area contributed by atoms with Crippen LogP contribution in [0.2, 0.25) is 0 Å². The van der Waals surface area contributed by atoms with Crippen molar-refractivity contribution >= 4 is 5.82 Å². The Hall–Kier alpha value is -2.02. The molecule has 0 bridgehead atoms. The van der Waals surface area contributed by atoms with Crippen LogP contribution in [0.3, 0.4) is 0 Å². The van der Waals surface area contributed by atoms with E-state index in [9.17, 15) is 0 Å². The molecule has 2 aromatic rings. The fourth-order valence-corrected chi connectivity index (χ4v) is 2.36. The molecule has 0 amide bonds. The van der Waals surface area contributed by atoms with Gasteiger partial charge in [-0.2, -0.15) is 4.98 Å². The highest BCUT2D eigenvalue weighted by atomic mass is 16.5. The van der Waals surface area contributed by atoms with Crippen LogP contribution in [-0.4, -0.2) is 51.2 Å². The Morgan fingerprint density at radius 3 is 2.67 bits per heavy atom. The lowest BCUT2D eigenvalue weighted by Crippen LogP contribution is -2.46. The number of aromatic nitrogens is 4. The normalized spacial score (nSPS) is 16.6. The molecule has 1 aliphatic heterocycles. The van der Waals surface area contributed by atoms with Crippen LogP contribution in [0.1, 0.15) is 31.5 Å². The molecule has 2 aromatic heterocycles. The van der Waals surface area contributed by atoms with Gasteiger partial charge in [0.25, 0.3) is 0 Å². The van der Waals surface area contributed by atoms with Crippen molar-refractivity contribution in [2.24, 2.45) is 0 Å². The number of hydrogen-bond donors (Lipinski definition) is 0. The molecule has 112 valence electrons. The second-order valence-electron chi connectivity index (χ2n) is 5.53. The highest BCUT2D eigenvalue weighted by Crippen LogP contribution is 2.15. The average Bonchev–Trinajstić information content (AvgIpc) is 2.98. The number of piperazine rings is 1. The topological polar surface area (TPSA) is 71.2 Å². The lowest BCUT2D eigenvalue weighted by molar-refractivity contribution is 0.215. The predicted octanol–water partition coefficient (Wildman–Crippen LogP) is 1.31. The van der Waals surface area contributed by atoms with Gasteiger partial charge in [0, 0.05) is 38.3 Å². The van der Waals surface area contributed by atoms with Gasteiger partial charge in [0.05, 0.1) is 6.54 Å². The van der Waals surface area contributed by atoms with Crippen LogP contribution in [-0.2, 0) is 6.54 Å². The molecule has 3 rings (SSSR count). The van der Waals surface area contributed by atoms with Crippen molar-refractivity contribution in [2.45, 2.75) is 26.3 Å². The third-order valence-electron chi connectivity index (χ3n) is 3.62. The maximum atomic E-state index is 5.30. The minimum atomic E-state index is 0.303. The Balaban J connectivity index is 1.54. The van der Waals surface area contributed by atoms with Crippen molar-refractivity contribution in [3.63, 3.8) is 0 Å². The highest BCUT2D eigenvalue weighted by Gasteiger charge is 2.20. The van der Waals surface area contributed by atoms with Crippen molar-refractivity contribution in [1.29, 1.82) is 0 Å². The van der Waals surface area contributed by atoms with Gasteiger partial charge < -0.3 is 9.42 Å². The van der Waals surface area contributed by atoms with Crippen LogP contribution in [0.5, 0.6) is 0 Å². The molecule has 7 nitrogen and oxygen atoms in total. The summed E-state index contributed by atoms with van der Waals surface area (Å²) < 4.78 is 5.30. The Kier molecular flexibility index (Phi) is 4.10. The fraction of sp³-hybridized carbons (Fsp3) is 0.571. The molecule has 0 radical (unpaired) electrons. The van der Waals surface area contributed by atoms with Gasteiger partial charge in [-0.25, -0.2) is 9.97 Å². The van der Waals surface area contributed by atoms with Gasteiger partial charge in [0.1, 0.15) is 12.1 Å². The molecule has 1 fully saturated rings. The molecule has 1 aliphatic rings. The van der Waals surface area contributed by atoms with Crippen molar-refractivity contribution in [3.8, 4) is 0 Å². The zero-order valence-corrected chi connectivity index (χ0v) is 12.4. The molecule has 3 heterocycles. The zero-order chi connectivity index (χ0) is 14.7. The van der Waals surface area contributed by atoms with E-state index in [0.717, 1.165) is 44.4 Å². The molecule has 7 heteroatoms. The molecular formula is C14H20N6O. The van der Waals surface area contributed by atoms with Crippen LogP contribution in [0, 0.1) is 0 Å². The molecule has 0 unspecified atom stereocenters. The first kappa shape index (κ1) is 13.9. The van der Waals surface area contributed by atoms with Gasteiger partial charge in [0.2, 0.25) is 5.89 Å². The van der Waals surface area contributed by atoms with Crippen LogP contribution >= 0.6 is 0 Å². The van der Waals surface area contributed by atoms with Crippen LogP contribution < -0.4 is 4.90 Å². The smallest absolute Gasteiger partial charge is 0.240 e. The molecule has 0 aromatic carbocycles. The van der Waals surface area contributed by atoms with E-state index in [4.69, 9.17) is 4.52 Å². The van der Waals surface area contributed by atoms with Gasteiger partial charge in [-0.3, -0.25) is 4.90 Å². The Morgan fingerprint density at radius 2 is 2.05 bits per heavy atom. The quantitative estimate of drug-likeness (QED) is 0.839. The maximum Gasteiger partial charge on any atom is 0.240 e. The summed E-state index contributed by atoms with van der Waals surface area (Å²) in [6.45, 7) is 8.67. The minimum Gasteiger partial charge on any atom is -0.354 e. The van der Waals surface area contributed by atoms with E-state index in [2.05, 4.69) is 43.8 Å². The summed E-state index contributed by atoms with van der Waals surface area (Å²) >= 11 is 0. The van der Waals surface area contributed by atoms with Gasteiger partial charge in [-0.1, -0.05) is 19.0 Å². The Bertz CT molecular complexity index is 562. The van der Waals surface area contributed by atoms with Crippen molar-refractivity contribution in [3.05, 3.63) is 30.3 Å². The molecule has 0 atom stereocenters. The first-order valence-corrected chi connectivity index (χ1v) is 7.28. The standard InChI is InChI=1S/C14H20N6O/c1-11(2)14-17-13(21-18-14)9-19-5-7-20(8-6-19)12-3-4-15-10-16-12/h3-4,10-11H,5-9H2,1-2H3. The number of nitrogens with zero attached hydrogens (tertiary/aromatic N) is 6. The molecule has 0 N–H and O–H groups in total. The fourth-order valence-electron chi connectivity index (χ4n) is 2.36. The average molecular weight is 288 g/mol. The zero-order valence-electron chi connectivity index (χ0n) is 12.4. The maximum absolute atomic E-state index is 5.30. The van der Waals surface area contributed by atoms with E-state index in [1.165, 1.54) is 0 Å². The van der Waals surface area contributed by atoms with E-state index in [0.29, 0.717) is 11.8 Å². The van der Waals surface area contributed by atoms with E-state index in [-0.39, 0.29) is 0 Å². The minimum absolute atomic E-state index is 0.303. The molecule has 21 heavy (non-hydrogen) atoms. The first-order chi connectivity index (χ1) is 10.2. The number of rotatable bonds is 4. The van der Waals surface area contributed by atoms with Crippen molar-refractivity contribution < 1.29 is 4.52 Å². The Labute approximate surface area is 124 Å². The summed E-state index contributed by atoms with van der Waals surface area (Å²) in [4.78, 5) is 17.3. The van der Waals surface area contributed by atoms with E-state index in [1.54, 1.807) is 12.5 Å². The van der Waals surface area contributed by atoms with Gasteiger partial charge in [-0.15, -0.1) is 0 Å². The summed E-state index contributed by atoms with van der Waals surface area (Å²) in [7, 11) is 0. The third-order valence-corrected chi connectivity index (χ3v) is 3.62. The van der Waals surface area contributed by atoms with Crippen LogP contribution in [0.15, 0.2) is 23.1 Å². The third kappa shape index (κ3) is 3.36. The second kappa shape index (κ2) is 6.17. The Morgan fingerprint density at radius 1 is 1.24 bits per heavy atom. The van der Waals surface area contributed by atoms with Gasteiger partial charge in [-0.05, 0) is 6.07 Å². The summed E-state index contributed by atoms with van der Waals surface area (Å²) in [6, 6.07) is 1.95. The first-order valence-electron chi connectivity index (χ1n) is 7.28. The molecular weight excluding hydrogens is 268 g/mol. The molecule has 1 saturated heterocycles. The van der Waals surface area contributed by atoms with Crippen LogP contribution in [0.4, 0.5) is 5.82 Å². The summed E-state index contributed by atoms with van der Waals surface area (Å²) in [5.74, 6) is 2.78. The summed E-state index contributed by atoms with van der Waals surface area (Å²) in [6.07, 6.45) is 3.37. The van der Waals surface area contributed by atoms with Gasteiger partial charge in [0.15, 0.2) is 5.82 Å². The van der Waals surface area contributed by atoms with E-state index in [1.807, 2.05) is 6.07 Å². The van der Waals surface area contributed by atoms with E-state index >= 15 is 0 Å². The lowest BCUT2D eigenvalue weighted by Gasteiger charge is -2.34. The lowest BCUT2D eigenvalue weighted by atomic mass is 10.2. The monoisotopic (exact) mass is 288 g/mol. The highest BCUT2D eigenvalue weighted by molar-refractivity contribution is 5.36. The number of anilines is 1. The number of hydrogen-bond acceptors (Lipinski definition) is 7. The van der Waals surface area contributed by atoms with Gasteiger partial charge >= 0.3 is 0 Å². The molecule has 0 spiro atoms. The van der Waals surface area contributed by atoms with Crippen molar-refractivity contribution in [1.82, 2.24) is 25.0 Å². The summed E-state index contributed by atoms with van der Waals surface area (Å²) in [5, 5.41) is 4.00. The molecule has 0 saturated carbocycles. The second-order valence-corrected chi connectivity index (χ2v) is 5.53.